The molecular weight excluding hydrogens is 194 g/mol. The van der Waals surface area contributed by atoms with Crippen LogP contribution in [0.3, 0.4) is 0 Å². The molecule has 0 saturated carbocycles. The lowest BCUT2D eigenvalue weighted by atomic mass is 10.1. The molecule has 15 heavy (non-hydrogen) atoms. The highest BCUT2D eigenvalue weighted by atomic mass is 16.6. The Labute approximate surface area is 85.9 Å². The molecule has 76 valence electrons. The molecule has 0 aliphatic heterocycles. The van der Waals surface area contributed by atoms with E-state index in [9.17, 15) is 10.1 Å². The van der Waals surface area contributed by atoms with Crippen LogP contribution in [0.4, 0.5) is 11.4 Å². The number of hydrogen-bond acceptors (Lipinski definition) is 4. The fourth-order valence-electron chi connectivity index (χ4n) is 1.53. The predicted molar refractivity (Wildman–Crippen MR) is 57.9 cm³/mol. The number of nitro benzene ring substituents is 1. The summed E-state index contributed by atoms with van der Waals surface area (Å²) in [6.07, 6.45) is 1.56. The lowest BCUT2D eigenvalue weighted by Gasteiger charge is -2.04. The Morgan fingerprint density at radius 1 is 1.40 bits per heavy atom. The average Bonchev–Trinajstić information content (AvgIpc) is 2.27. The van der Waals surface area contributed by atoms with Gasteiger partial charge in [-0.25, -0.2) is 4.98 Å². The van der Waals surface area contributed by atoms with Crippen LogP contribution in [0.2, 0.25) is 0 Å². The number of fused-ring (bicyclic) bond motifs is 1. The van der Waals surface area contributed by atoms with E-state index in [0.717, 1.165) is 11.1 Å². The third-order valence-corrected chi connectivity index (χ3v) is 2.22. The maximum Gasteiger partial charge on any atom is 0.295 e. The molecule has 0 saturated heterocycles. The van der Waals surface area contributed by atoms with E-state index in [-0.39, 0.29) is 5.69 Å². The van der Waals surface area contributed by atoms with Crippen LogP contribution in [0.25, 0.3) is 10.9 Å². The molecule has 1 heterocycles. The zero-order valence-corrected chi connectivity index (χ0v) is 8.10. The summed E-state index contributed by atoms with van der Waals surface area (Å²) in [4.78, 5) is 14.4. The number of nitrogens with one attached hydrogen (secondary N) is 1. The van der Waals surface area contributed by atoms with Crippen LogP contribution in [0.5, 0.6) is 0 Å². The van der Waals surface area contributed by atoms with E-state index in [2.05, 4.69) is 10.3 Å². The highest BCUT2D eigenvalue weighted by Gasteiger charge is 2.13. The fourth-order valence-corrected chi connectivity index (χ4v) is 1.53. The molecule has 0 unspecified atom stereocenters. The van der Waals surface area contributed by atoms with E-state index in [1.54, 1.807) is 31.4 Å². The molecule has 0 radical (unpaired) electrons. The summed E-state index contributed by atoms with van der Waals surface area (Å²) in [6, 6.07) is 6.70. The van der Waals surface area contributed by atoms with Gasteiger partial charge in [-0.1, -0.05) is 12.1 Å². The molecule has 0 aliphatic carbocycles. The Hall–Kier alpha value is -2.17. The largest absolute Gasteiger partial charge is 0.388 e. The number of para-hydroxylation sites is 1. The van der Waals surface area contributed by atoms with Gasteiger partial charge in [0.05, 0.1) is 4.92 Å². The summed E-state index contributed by atoms with van der Waals surface area (Å²) in [5.74, 6) is 0. The Morgan fingerprint density at radius 3 is 2.87 bits per heavy atom. The van der Waals surface area contributed by atoms with Gasteiger partial charge in [-0.2, -0.15) is 0 Å². The summed E-state index contributed by atoms with van der Waals surface area (Å²) in [6.45, 7) is 0. The van der Waals surface area contributed by atoms with Crippen molar-refractivity contribution in [3.8, 4) is 0 Å². The molecule has 5 nitrogen and oxygen atoms in total. The molecule has 2 rings (SSSR count). The SMILES string of the molecule is CNc1ccnc2c([N+](=O)[O-])cccc12. The molecule has 1 aromatic carbocycles. The van der Waals surface area contributed by atoms with E-state index in [1.807, 2.05) is 0 Å². The minimum Gasteiger partial charge on any atom is -0.388 e. The molecule has 5 heteroatoms. The van der Waals surface area contributed by atoms with Crippen LogP contribution in [0, 0.1) is 10.1 Å². The maximum absolute atomic E-state index is 10.8. The van der Waals surface area contributed by atoms with Gasteiger partial charge in [0.25, 0.3) is 5.69 Å². The first-order chi connectivity index (χ1) is 7.24. The van der Waals surface area contributed by atoms with Crippen molar-refractivity contribution in [2.24, 2.45) is 0 Å². The summed E-state index contributed by atoms with van der Waals surface area (Å²) in [5, 5.41) is 14.5. The van der Waals surface area contributed by atoms with E-state index in [1.165, 1.54) is 6.07 Å². The van der Waals surface area contributed by atoms with Crippen molar-refractivity contribution >= 4 is 22.3 Å². The highest BCUT2D eigenvalue weighted by molar-refractivity contribution is 5.96. The normalized spacial score (nSPS) is 10.2. The van der Waals surface area contributed by atoms with E-state index in [0.29, 0.717) is 5.52 Å². The van der Waals surface area contributed by atoms with Crippen molar-refractivity contribution < 1.29 is 4.92 Å². The van der Waals surface area contributed by atoms with Gasteiger partial charge in [0, 0.05) is 30.4 Å². The number of hydrogen-bond donors (Lipinski definition) is 1. The van der Waals surface area contributed by atoms with Gasteiger partial charge in [-0.05, 0) is 6.07 Å². The highest BCUT2D eigenvalue weighted by Crippen LogP contribution is 2.27. The molecule has 1 aromatic heterocycles. The molecule has 0 bridgehead atoms. The number of aromatic nitrogens is 1. The van der Waals surface area contributed by atoms with Gasteiger partial charge < -0.3 is 5.32 Å². The first-order valence-corrected chi connectivity index (χ1v) is 4.44. The number of benzene rings is 1. The molecule has 0 atom stereocenters. The Balaban J connectivity index is 2.82. The fraction of sp³-hybridized carbons (Fsp3) is 0.100. The third-order valence-electron chi connectivity index (χ3n) is 2.22. The summed E-state index contributed by atoms with van der Waals surface area (Å²) >= 11 is 0. The van der Waals surface area contributed by atoms with Crippen molar-refractivity contribution in [3.63, 3.8) is 0 Å². The molecule has 0 aliphatic rings. The van der Waals surface area contributed by atoms with Crippen molar-refractivity contribution in [2.45, 2.75) is 0 Å². The number of nitro groups is 1. The predicted octanol–water partition coefficient (Wildman–Crippen LogP) is 2.18. The van der Waals surface area contributed by atoms with E-state index >= 15 is 0 Å². The van der Waals surface area contributed by atoms with Gasteiger partial charge in [0.2, 0.25) is 0 Å². The first kappa shape index (κ1) is 9.39. The minimum atomic E-state index is -0.422. The standard InChI is InChI=1S/C10H9N3O2/c1-11-8-5-6-12-10-7(8)3-2-4-9(10)13(14)15/h2-6H,1H3,(H,11,12). The van der Waals surface area contributed by atoms with Crippen LogP contribution in [-0.4, -0.2) is 17.0 Å². The van der Waals surface area contributed by atoms with Crippen LogP contribution >= 0.6 is 0 Å². The molecule has 0 amide bonds. The lowest BCUT2D eigenvalue weighted by molar-refractivity contribution is -0.383. The van der Waals surface area contributed by atoms with E-state index < -0.39 is 4.92 Å². The summed E-state index contributed by atoms with van der Waals surface area (Å²) < 4.78 is 0. The molecule has 2 aromatic rings. The zero-order valence-electron chi connectivity index (χ0n) is 8.10. The third kappa shape index (κ3) is 1.48. The van der Waals surface area contributed by atoms with Crippen molar-refractivity contribution in [3.05, 3.63) is 40.6 Å². The average molecular weight is 203 g/mol. The second-order valence-corrected chi connectivity index (χ2v) is 3.04. The number of pyridine rings is 1. The van der Waals surface area contributed by atoms with E-state index in [4.69, 9.17) is 0 Å². The van der Waals surface area contributed by atoms with Gasteiger partial charge in [-0.3, -0.25) is 10.1 Å². The molecule has 1 N–H and O–H groups in total. The monoisotopic (exact) mass is 203 g/mol. The minimum absolute atomic E-state index is 0.0320. The quantitative estimate of drug-likeness (QED) is 0.600. The maximum atomic E-state index is 10.8. The van der Waals surface area contributed by atoms with Crippen LogP contribution < -0.4 is 5.32 Å². The summed E-state index contributed by atoms with van der Waals surface area (Å²) in [5.41, 5.74) is 1.28. The Kier molecular flexibility index (Phi) is 2.21. The second kappa shape index (κ2) is 3.53. The number of non-ortho nitro benzene ring substituents is 1. The van der Waals surface area contributed by atoms with Crippen LogP contribution in [0.15, 0.2) is 30.5 Å². The molecule has 0 fully saturated rings. The van der Waals surface area contributed by atoms with Crippen LogP contribution in [-0.2, 0) is 0 Å². The van der Waals surface area contributed by atoms with Gasteiger partial charge in [-0.15, -0.1) is 0 Å². The smallest absolute Gasteiger partial charge is 0.295 e. The molecule has 0 spiro atoms. The Morgan fingerprint density at radius 2 is 2.20 bits per heavy atom. The van der Waals surface area contributed by atoms with Crippen LogP contribution in [0.1, 0.15) is 0 Å². The topological polar surface area (TPSA) is 68.1 Å². The van der Waals surface area contributed by atoms with Gasteiger partial charge >= 0.3 is 0 Å². The van der Waals surface area contributed by atoms with Crippen molar-refractivity contribution in [1.29, 1.82) is 0 Å². The second-order valence-electron chi connectivity index (χ2n) is 3.04. The lowest BCUT2D eigenvalue weighted by Crippen LogP contribution is -1.94. The molecular formula is C10H9N3O2. The van der Waals surface area contributed by atoms with Gasteiger partial charge in [0.15, 0.2) is 0 Å². The Bertz CT molecular complexity index is 525. The van der Waals surface area contributed by atoms with Gasteiger partial charge in [0.1, 0.15) is 5.52 Å². The zero-order chi connectivity index (χ0) is 10.8. The number of rotatable bonds is 2. The van der Waals surface area contributed by atoms with Crippen molar-refractivity contribution in [1.82, 2.24) is 4.98 Å². The first-order valence-electron chi connectivity index (χ1n) is 4.44. The number of nitrogens with zero attached hydrogens (tertiary/aromatic N) is 2. The van der Waals surface area contributed by atoms with Crippen molar-refractivity contribution in [2.75, 3.05) is 12.4 Å². The summed E-state index contributed by atoms with van der Waals surface area (Å²) in [7, 11) is 1.77. The number of anilines is 1.